The van der Waals surface area contributed by atoms with Crippen molar-refractivity contribution in [2.24, 2.45) is 0 Å². The van der Waals surface area contributed by atoms with Crippen LogP contribution in [0.15, 0.2) is 46.9 Å². The highest BCUT2D eigenvalue weighted by atomic mass is 35.5. The van der Waals surface area contributed by atoms with Gasteiger partial charge in [0.15, 0.2) is 0 Å². The lowest BCUT2D eigenvalue weighted by Gasteiger charge is -2.16. The number of nitrogens with one attached hydrogen (secondary N) is 1. The molecule has 0 aliphatic rings. The zero-order valence-electron chi connectivity index (χ0n) is 13.7. The molecule has 0 spiro atoms. The number of hydrogen-bond donors (Lipinski definition) is 1. The molecule has 3 aromatic rings. The minimum absolute atomic E-state index is 0.176. The van der Waals surface area contributed by atoms with Crippen molar-refractivity contribution < 1.29 is 9.15 Å². The van der Waals surface area contributed by atoms with E-state index in [9.17, 15) is 0 Å². The monoisotopic (exact) mass is 343 g/mol. The van der Waals surface area contributed by atoms with Crippen LogP contribution in [0.25, 0.3) is 11.5 Å². The summed E-state index contributed by atoms with van der Waals surface area (Å²) >= 11 is 6.14. The standard InChI is InChI=1S/C18H18ClN3O2/c1-11-9-15(16(23-3)10-14(11)19)20-12(2)17-21-22-18(24-17)13-7-5-4-6-8-13/h4-10,12,20H,1-3H3. The normalized spacial score (nSPS) is 12.0. The molecule has 124 valence electrons. The van der Waals surface area contributed by atoms with Crippen LogP contribution in [-0.2, 0) is 0 Å². The fourth-order valence-corrected chi connectivity index (χ4v) is 2.50. The molecule has 2 aromatic carbocycles. The van der Waals surface area contributed by atoms with E-state index in [1.165, 1.54) is 0 Å². The second-order valence-corrected chi connectivity index (χ2v) is 5.89. The first kappa shape index (κ1) is 16.3. The summed E-state index contributed by atoms with van der Waals surface area (Å²) in [5.74, 6) is 1.67. The van der Waals surface area contributed by atoms with Crippen LogP contribution in [0.4, 0.5) is 5.69 Å². The number of methoxy groups -OCH3 is 1. The van der Waals surface area contributed by atoms with E-state index < -0.39 is 0 Å². The van der Waals surface area contributed by atoms with Gasteiger partial charge >= 0.3 is 0 Å². The third-order valence-corrected chi connectivity index (χ3v) is 4.09. The van der Waals surface area contributed by atoms with Gasteiger partial charge in [-0.05, 0) is 37.6 Å². The zero-order valence-corrected chi connectivity index (χ0v) is 14.5. The van der Waals surface area contributed by atoms with E-state index >= 15 is 0 Å². The van der Waals surface area contributed by atoms with E-state index in [2.05, 4.69) is 15.5 Å². The summed E-state index contributed by atoms with van der Waals surface area (Å²) in [4.78, 5) is 0. The van der Waals surface area contributed by atoms with Crippen LogP contribution in [0.5, 0.6) is 5.75 Å². The van der Waals surface area contributed by atoms with Crippen molar-refractivity contribution in [1.82, 2.24) is 10.2 Å². The molecule has 0 amide bonds. The van der Waals surface area contributed by atoms with Crippen molar-refractivity contribution in [2.45, 2.75) is 19.9 Å². The smallest absolute Gasteiger partial charge is 0.247 e. The van der Waals surface area contributed by atoms with E-state index in [-0.39, 0.29) is 6.04 Å². The first-order chi connectivity index (χ1) is 11.6. The molecule has 0 saturated heterocycles. The van der Waals surface area contributed by atoms with Gasteiger partial charge in [0.25, 0.3) is 0 Å². The minimum Gasteiger partial charge on any atom is -0.495 e. The van der Waals surface area contributed by atoms with Crippen molar-refractivity contribution in [1.29, 1.82) is 0 Å². The molecular weight excluding hydrogens is 326 g/mol. The molecule has 0 aliphatic heterocycles. The molecule has 1 heterocycles. The number of ether oxygens (including phenoxy) is 1. The number of nitrogens with zero attached hydrogens (tertiary/aromatic N) is 2. The van der Waals surface area contributed by atoms with Gasteiger partial charge in [0, 0.05) is 16.7 Å². The Morgan fingerprint density at radius 3 is 2.62 bits per heavy atom. The lowest BCUT2D eigenvalue weighted by atomic mass is 10.2. The van der Waals surface area contributed by atoms with Gasteiger partial charge in [0.1, 0.15) is 11.8 Å². The topological polar surface area (TPSA) is 60.2 Å². The minimum atomic E-state index is -0.176. The molecule has 3 rings (SSSR count). The predicted octanol–water partition coefficient (Wildman–Crippen LogP) is 4.88. The Bertz CT molecular complexity index is 834. The molecule has 0 fully saturated rings. The maximum atomic E-state index is 6.14. The van der Waals surface area contributed by atoms with Crippen LogP contribution >= 0.6 is 11.6 Å². The van der Waals surface area contributed by atoms with Gasteiger partial charge in [0.2, 0.25) is 11.8 Å². The number of hydrogen-bond acceptors (Lipinski definition) is 5. The van der Waals surface area contributed by atoms with Gasteiger partial charge in [-0.25, -0.2) is 0 Å². The van der Waals surface area contributed by atoms with Gasteiger partial charge in [0.05, 0.1) is 12.8 Å². The largest absolute Gasteiger partial charge is 0.495 e. The number of aromatic nitrogens is 2. The summed E-state index contributed by atoms with van der Waals surface area (Å²) in [6.45, 7) is 3.89. The molecule has 5 nitrogen and oxygen atoms in total. The average Bonchev–Trinajstić information content (AvgIpc) is 3.09. The van der Waals surface area contributed by atoms with Crippen LogP contribution in [0, 0.1) is 6.92 Å². The number of anilines is 1. The van der Waals surface area contributed by atoms with Crippen molar-refractivity contribution in [3.63, 3.8) is 0 Å². The number of benzene rings is 2. The van der Waals surface area contributed by atoms with Gasteiger partial charge in [-0.3, -0.25) is 0 Å². The van der Waals surface area contributed by atoms with Gasteiger partial charge in [-0.2, -0.15) is 0 Å². The SMILES string of the molecule is COc1cc(Cl)c(C)cc1NC(C)c1nnc(-c2ccccc2)o1. The third kappa shape index (κ3) is 3.36. The lowest BCUT2D eigenvalue weighted by Crippen LogP contribution is -2.08. The molecule has 0 aliphatic carbocycles. The number of rotatable bonds is 5. The van der Waals surface area contributed by atoms with Crippen molar-refractivity contribution in [3.05, 3.63) is 58.9 Å². The second-order valence-electron chi connectivity index (χ2n) is 5.48. The zero-order chi connectivity index (χ0) is 17.1. The summed E-state index contributed by atoms with van der Waals surface area (Å²) in [7, 11) is 1.61. The summed E-state index contributed by atoms with van der Waals surface area (Å²) in [5.41, 5.74) is 2.68. The van der Waals surface area contributed by atoms with Crippen LogP contribution in [0.2, 0.25) is 5.02 Å². The summed E-state index contributed by atoms with van der Waals surface area (Å²) in [6.07, 6.45) is 0. The van der Waals surface area contributed by atoms with Crippen LogP contribution in [0.1, 0.15) is 24.4 Å². The molecule has 0 bridgehead atoms. The van der Waals surface area contributed by atoms with E-state index in [0.29, 0.717) is 22.6 Å². The summed E-state index contributed by atoms with van der Waals surface area (Å²) < 4.78 is 11.2. The number of aryl methyl sites for hydroxylation is 1. The van der Waals surface area contributed by atoms with E-state index in [1.54, 1.807) is 13.2 Å². The fraction of sp³-hybridized carbons (Fsp3) is 0.222. The Morgan fingerprint density at radius 2 is 1.92 bits per heavy atom. The van der Waals surface area contributed by atoms with E-state index in [1.807, 2.05) is 50.2 Å². The second kappa shape index (κ2) is 6.93. The molecule has 0 radical (unpaired) electrons. The Morgan fingerprint density at radius 1 is 1.17 bits per heavy atom. The highest BCUT2D eigenvalue weighted by Crippen LogP contribution is 2.33. The van der Waals surface area contributed by atoms with Gasteiger partial charge in [-0.15, -0.1) is 10.2 Å². The van der Waals surface area contributed by atoms with Gasteiger partial charge < -0.3 is 14.5 Å². The molecule has 1 atom stereocenters. The highest BCUT2D eigenvalue weighted by molar-refractivity contribution is 6.31. The third-order valence-electron chi connectivity index (χ3n) is 3.68. The Kier molecular flexibility index (Phi) is 4.71. The van der Waals surface area contributed by atoms with Gasteiger partial charge in [-0.1, -0.05) is 29.8 Å². The summed E-state index contributed by atoms with van der Waals surface area (Å²) in [6, 6.07) is 13.2. The molecule has 1 aromatic heterocycles. The Balaban J connectivity index is 1.82. The predicted molar refractivity (Wildman–Crippen MR) is 94.5 cm³/mol. The molecule has 1 N–H and O–H groups in total. The molecule has 1 unspecified atom stereocenters. The van der Waals surface area contributed by atoms with Crippen molar-refractivity contribution in [3.8, 4) is 17.2 Å². The first-order valence-electron chi connectivity index (χ1n) is 7.58. The fourth-order valence-electron chi connectivity index (χ4n) is 2.35. The molecule has 24 heavy (non-hydrogen) atoms. The molecular formula is C18H18ClN3O2. The van der Waals surface area contributed by atoms with Crippen molar-refractivity contribution in [2.75, 3.05) is 12.4 Å². The first-order valence-corrected chi connectivity index (χ1v) is 7.95. The van der Waals surface area contributed by atoms with E-state index in [0.717, 1.165) is 16.8 Å². The quantitative estimate of drug-likeness (QED) is 0.715. The molecule has 0 saturated carbocycles. The van der Waals surface area contributed by atoms with Crippen molar-refractivity contribution >= 4 is 17.3 Å². The average molecular weight is 344 g/mol. The molecule has 6 heteroatoms. The maximum absolute atomic E-state index is 6.14. The maximum Gasteiger partial charge on any atom is 0.247 e. The highest BCUT2D eigenvalue weighted by Gasteiger charge is 2.17. The summed E-state index contributed by atoms with van der Waals surface area (Å²) in [5, 5.41) is 12.2. The Hall–Kier alpha value is -2.53. The van der Waals surface area contributed by atoms with Crippen LogP contribution < -0.4 is 10.1 Å². The van der Waals surface area contributed by atoms with E-state index in [4.69, 9.17) is 20.8 Å². The van der Waals surface area contributed by atoms with Crippen LogP contribution in [0.3, 0.4) is 0 Å². The Labute approximate surface area is 145 Å². The van der Waals surface area contributed by atoms with Crippen LogP contribution in [-0.4, -0.2) is 17.3 Å². The lowest BCUT2D eigenvalue weighted by molar-refractivity contribution is 0.415. The number of halogens is 1.